The largest absolute Gasteiger partial charge is 0.465 e. The van der Waals surface area contributed by atoms with E-state index in [0.29, 0.717) is 0 Å². The van der Waals surface area contributed by atoms with Crippen LogP contribution in [0.3, 0.4) is 0 Å². The quantitative estimate of drug-likeness (QED) is 0.393. The number of carbonyl (C=O) groups is 1. The number of allylic oxidation sites excluding steroid dienone is 1. The Balaban J connectivity index is 5.10. The van der Waals surface area contributed by atoms with Crippen molar-refractivity contribution < 1.29 is 9.53 Å². The summed E-state index contributed by atoms with van der Waals surface area (Å²) in [6.07, 6.45) is 1.70. The van der Waals surface area contributed by atoms with Gasteiger partial charge in [0.05, 0.1) is 7.11 Å². The molecule has 3 heteroatoms. The molecule has 0 bridgehead atoms. The standard InChI is InChI=1S/C11H17NO2/c1-5-6-9(8(2)3)10(7-12)11(13)14-4/h8H,5-6H2,1-4H3/b10-9-. The highest BCUT2D eigenvalue weighted by atomic mass is 16.5. The van der Waals surface area contributed by atoms with Crippen LogP contribution in [0.2, 0.25) is 0 Å². The number of hydrogen-bond donors (Lipinski definition) is 0. The van der Waals surface area contributed by atoms with Gasteiger partial charge in [-0.05, 0) is 17.9 Å². The smallest absolute Gasteiger partial charge is 0.348 e. The van der Waals surface area contributed by atoms with Gasteiger partial charge < -0.3 is 4.74 Å². The van der Waals surface area contributed by atoms with Gasteiger partial charge in [-0.1, -0.05) is 27.2 Å². The Morgan fingerprint density at radius 2 is 2.07 bits per heavy atom. The molecule has 0 amide bonds. The van der Waals surface area contributed by atoms with E-state index in [-0.39, 0.29) is 11.5 Å². The van der Waals surface area contributed by atoms with Gasteiger partial charge in [0, 0.05) is 0 Å². The number of methoxy groups -OCH3 is 1. The molecule has 0 spiro atoms. The van der Waals surface area contributed by atoms with E-state index in [1.165, 1.54) is 7.11 Å². The summed E-state index contributed by atoms with van der Waals surface area (Å²) in [4.78, 5) is 11.3. The van der Waals surface area contributed by atoms with Crippen molar-refractivity contribution in [2.75, 3.05) is 7.11 Å². The molecule has 0 fully saturated rings. The number of hydrogen-bond acceptors (Lipinski definition) is 3. The average Bonchev–Trinajstić information content (AvgIpc) is 2.16. The zero-order valence-electron chi connectivity index (χ0n) is 9.26. The Kier molecular flexibility index (Phi) is 5.62. The van der Waals surface area contributed by atoms with E-state index in [9.17, 15) is 4.79 Å². The lowest BCUT2D eigenvalue weighted by atomic mass is 9.94. The molecular weight excluding hydrogens is 178 g/mol. The van der Waals surface area contributed by atoms with Gasteiger partial charge in [-0.15, -0.1) is 0 Å². The number of carbonyl (C=O) groups excluding carboxylic acids is 1. The second-order valence-corrected chi connectivity index (χ2v) is 3.41. The van der Waals surface area contributed by atoms with E-state index in [0.717, 1.165) is 18.4 Å². The number of nitrogens with zero attached hydrogens (tertiary/aromatic N) is 1. The average molecular weight is 195 g/mol. The molecule has 0 atom stereocenters. The highest BCUT2D eigenvalue weighted by Crippen LogP contribution is 2.20. The third-order valence-electron chi connectivity index (χ3n) is 2.04. The molecule has 3 nitrogen and oxygen atoms in total. The second-order valence-electron chi connectivity index (χ2n) is 3.41. The van der Waals surface area contributed by atoms with Crippen molar-refractivity contribution in [3.63, 3.8) is 0 Å². The topological polar surface area (TPSA) is 50.1 Å². The van der Waals surface area contributed by atoms with Crippen LogP contribution in [0, 0.1) is 17.2 Å². The molecule has 0 aliphatic heterocycles. The maximum Gasteiger partial charge on any atom is 0.348 e. The molecule has 0 unspecified atom stereocenters. The van der Waals surface area contributed by atoms with Crippen LogP contribution in [0.4, 0.5) is 0 Å². The number of rotatable bonds is 4. The Hall–Kier alpha value is -1.30. The molecule has 0 aromatic rings. The highest BCUT2D eigenvalue weighted by Gasteiger charge is 2.17. The molecule has 0 N–H and O–H groups in total. The van der Waals surface area contributed by atoms with Crippen LogP contribution < -0.4 is 0 Å². The summed E-state index contributed by atoms with van der Waals surface area (Å²) in [6, 6.07) is 1.92. The fourth-order valence-electron chi connectivity index (χ4n) is 1.32. The molecule has 0 rings (SSSR count). The van der Waals surface area contributed by atoms with Crippen LogP contribution in [-0.4, -0.2) is 13.1 Å². The molecule has 78 valence electrons. The van der Waals surface area contributed by atoms with Gasteiger partial charge >= 0.3 is 5.97 Å². The van der Waals surface area contributed by atoms with Gasteiger partial charge in [0.2, 0.25) is 0 Å². The van der Waals surface area contributed by atoms with E-state index in [1.54, 1.807) is 0 Å². The summed E-state index contributed by atoms with van der Waals surface area (Å²) < 4.78 is 4.56. The molecule has 0 saturated heterocycles. The molecular formula is C11H17NO2. The maximum atomic E-state index is 11.3. The van der Waals surface area contributed by atoms with Crippen LogP contribution in [0.1, 0.15) is 33.6 Å². The van der Waals surface area contributed by atoms with Crippen molar-refractivity contribution in [3.8, 4) is 6.07 Å². The second kappa shape index (κ2) is 6.20. The summed E-state index contributed by atoms with van der Waals surface area (Å²) in [5.74, 6) is -0.312. The Morgan fingerprint density at radius 3 is 2.36 bits per heavy atom. The van der Waals surface area contributed by atoms with Gasteiger partial charge in [0.15, 0.2) is 0 Å². The molecule has 14 heavy (non-hydrogen) atoms. The van der Waals surface area contributed by atoms with Crippen LogP contribution >= 0.6 is 0 Å². The van der Waals surface area contributed by atoms with E-state index < -0.39 is 5.97 Å². The highest BCUT2D eigenvalue weighted by molar-refractivity contribution is 5.93. The first-order chi connectivity index (χ1) is 6.58. The number of esters is 1. The normalized spacial score (nSPS) is 12.0. The molecule has 0 heterocycles. The monoisotopic (exact) mass is 195 g/mol. The maximum absolute atomic E-state index is 11.3. The number of nitriles is 1. The van der Waals surface area contributed by atoms with Gasteiger partial charge in [0.1, 0.15) is 11.6 Å². The SMILES string of the molecule is CCC/C(=C(\C#N)C(=O)OC)C(C)C. The fourth-order valence-corrected chi connectivity index (χ4v) is 1.32. The summed E-state index contributed by atoms with van der Waals surface area (Å²) in [5, 5.41) is 8.86. The van der Waals surface area contributed by atoms with Crippen molar-refractivity contribution in [2.45, 2.75) is 33.6 Å². The van der Waals surface area contributed by atoms with Crippen LogP contribution in [0.25, 0.3) is 0 Å². The Morgan fingerprint density at radius 1 is 1.50 bits per heavy atom. The summed E-state index contributed by atoms with van der Waals surface area (Å²) in [6.45, 7) is 5.98. The first-order valence-electron chi connectivity index (χ1n) is 4.79. The lowest BCUT2D eigenvalue weighted by Crippen LogP contribution is -2.09. The lowest BCUT2D eigenvalue weighted by molar-refractivity contribution is -0.135. The van der Waals surface area contributed by atoms with Gasteiger partial charge in [-0.25, -0.2) is 4.79 Å². The van der Waals surface area contributed by atoms with Gasteiger partial charge in [-0.3, -0.25) is 0 Å². The third kappa shape index (κ3) is 3.21. The molecule has 0 aromatic carbocycles. The zero-order valence-corrected chi connectivity index (χ0v) is 9.26. The van der Waals surface area contributed by atoms with E-state index in [2.05, 4.69) is 4.74 Å². The Bertz CT molecular complexity index is 272. The summed E-state index contributed by atoms with van der Waals surface area (Å²) in [5.41, 5.74) is 1.06. The molecule has 0 radical (unpaired) electrons. The molecule has 0 aliphatic rings. The minimum absolute atomic E-state index is 0.171. The first kappa shape index (κ1) is 12.7. The number of ether oxygens (including phenoxy) is 1. The van der Waals surface area contributed by atoms with Crippen LogP contribution in [0.15, 0.2) is 11.1 Å². The first-order valence-corrected chi connectivity index (χ1v) is 4.79. The lowest BCUT2D eigenvalue weighted by Gasteiger charge is -2.11. The molecule has 0 aliphatic carbocycles. The van der Waals surface area contributed by atoms with E-state index in [4.69, 9.17) is 5.26 Å². The Labute approximate surface area is 85.4 Å². The summed E-state index contributed by atoms with van der Waals surface area (Å²) in [7, 11) is 1.30. The van der Waals surface area contributed by atoms with Gasteiger partial charge in [0.25, 0.3) is 0 Å². The van der Waals surface area contributed by atoms with E-state index in [1.807, 2.05) is 26.8 Å². The van der Waals surface area contributed by atoms with Crippen LogP contribution in [-0.2, 0) is 9.53 Å². The zero-order chi connectivity index (χ0) is 11.1. The van der Waals surface area contributed by atoms with Gasteiger partial charge in [-0.2, -0.15) is 5.26 Å². The van der Waals surface area contributed by atoms with Crippen molar-refractivity contribution in [1.82, 2.24) is 0 Å². The van der Waals surface area contributed by atoms with Crippen molar-refractivity contribution >= 4 is 5.97 Å². The van der Waals surface area contributed by atoms with E-state index >= 15 is 0 Å². The van der Waals surface area contributed by atoms with Crippen molar-refractivity contribution in [2.24, 2.45) is 5.92 Å². The summed E-state index contributed by atoms with van der Waals surface area (Å²) >= 11 is 0. The van der Waals surface area contributed by atoms with Crippen molar-refractivity contribution in [3.05, 3.63) is 11.1 Å². The third-order valence-corrected chi connectivity index (χ3v) is 2.04. The molecule has 0 saturated carbocycles. The predicted octanol–water partition coefficient (Wildman–Crippen LogP) is 2.44. The molecule has 0 aromatic heterocycles. The fraction of sp³-hybridized carbons (Fsp3) is 0.636. The minimum atomic E-state index is -0.523. The minimum Gasteiger partial charge on any atom is -0.465 e. The predicted molar refractivity (Wildman–Crippen MR) is 54.4 cm³/mol. The van der Waals surface area contributed by atoms with Crippen LogP contribution in [0.5, 0.6) is 0 Å². The van der Waals surface area contributed by atoms with Crippen molar-refractivity contribution in [1.29, 1.82) is 5.26 Å².